The van der Waals surface area contributed by atoms with Crippen LogP contribution in [-0.4, -0.2) is 31.7 Å². The van der Waals surface area contributed by atoms with Crippen molar-refractivity contribution in [2.75, 3.05) is 13.1 Å². The van der Waals surface area contributed by atoms with Gasteiger partial charge in [0.15, 0.2) is 0 Å². The van der Waals surface area contributed by atoms with Crippen LogP contribution in [0, 0.1) is 5.41 Å². The third kappa shape index (κ3) is 4.59. The summed E-state index contributed by atoms with van der Waals surface area (Å²) in [6.07, 6.45) is 1.32. The maximum absolute atomic E-state index is 13.0. The van der Waals surface area contributed by atoms with E-state index in [9.17, 15) is 13.2 Å². The molecule has 0 aromatic heterocycles. The van der Waals surface area contributed by atoms with Crippen molar-refractivity contribution < 1.29 is 13.2 Å². The Bertz CT molecular complexity index is 901. The van der Waals surface area contributed by atoms with E-state index in [1.807, 2.05) is 37.3 Å². The predicted molar refractivity (Wildman–Crippen MR) is 109 cm³/mol. The van der Waals surface area contributed by atoms with Crippen LogP contribution in [0.2, 0.25) is 0 Å². The van der Waals surface area contributed by atoms with Crippen LogP contribution < -0.4 is 5.32 Å². The van der Waals surface area contributed by atoms with Gasteiger partial charge in [-0.05, 0) is 49.6 Å². The van der Waals surface area contributed by atoms with Crippen molar-refractivity contribution >= 4 is 31.9 Å². The first-order chi connectivity index (χ1) is 12.8. The molecule has 0 saturated carbocycles. The van der Waals surface area contributed by atoms with Crippen molar-refractivity contribution in [3.8, 4) is 0 Å². The van der Waals surface area contributed by atoms with Gasteiger partial charge in [0.25, 0.3) is 0 Å². The van der Waals surface area contributed by atoms with Gasteiger partial charge in [-0.25, -0.2) is 8.42 Å². The summed E-state index contributed by atoms with van der Waals surface area (Å²) in [5.74, 6) is -0.109. The van der Waals surface area contributed by atoms with Gasteiger partial charge in [-0.1, -0.05) is 46.3 Å². The van der Waals surface area contributed by atoms with Crippen LogP contribution >= 0.6 is 15.9 Å². The number of nitrogens with one attached hydrogen (secondary N) is 1. The Hall–Kier alpha value is -1.70. The molecule has 1 atom stereocenters. The molecule has 144 valence electrons. The fraction of sp³-hybridized carbons (Fsp3) is 0.350. The summed E-state index contributed by atoms with van der Waals surface area (Å²) in [5, 5.41) is 2.96. The molecule has 0 bridgehead atoms. The zero-order chi connectivity index (χ0) is 19.5. The van der Waals surface area contributed by atoms with Gasteiger partial charge in [-0.15, -0.1) is 0 Å². The molecule has 1 N–H and O–H groups in total. The zero-order valence-corrected chi connectivity index (χ0v) is 17.6. The highest BCUT2D eigenvalue weighted by Gasteiger charge is 2.41. The van der Waals surface area contributed by atoms with Crippen LogP contribution in [0.15, 0.2) is 64.0 Å². The second-order valence-electron chi connectivity index (χ2n) is 7.13. The Morgan fingerprint density at radius 3 is 2.48 bits per heavy atom. The van der Waals surface area contributed by atoms with E-state index in [1.54, 1.807) is 24.3 Å². The highest BCUT2D eigenvalue weighted by molar-refractivity contribution is 9.10. The second-order valence-corrected chi connectivity index (χ2v) is 9.98. The number of halogens is 1. The monoisotopic (exact) mass is 450 g/mol. The lowest BCUT2D eigenvalue weighted by atomic mass is 9.82. The first-order valence-electron chi connectivity index (χ1n) is 8.89. The number of piperidine rings is 1. The molecular weight excluding hydrogens is 428 g/mol. The van der Waals surface area contributed by atoms with Gasteiger partial charge in [0.2, 0.25) is 15.9 Å². The largest absolute Gasteiger partial charge is 0.352 e. The average molecular weight is 451 g/mol. The predicted octanol–water partition coefficient (Wildman–Crippen LogP) is 3.56. The molecule has 3 rings (SSSR count). The molecule has 27 heavy (non-hydrogen) atoms. The van der Waals surface area contributed by atoms with Gasteiger partial charge in [0.1, 0.15) is 0 Å². The molecule has 1 amide bonds. The Balaban J connectivity index is 1.72. The summed E-state index contributed by atoms with van der Waals surface area (Å²) >= 11 is 3.32. The van der Waals surface area contributed by atoms with Crippen LogP contribution in [0.5, 0.6) is 0 Å². The van der Waals surface area contributed by atoms with Gasteiger partial charge in [0.05, 0.1) is 10.3 Å². The molecule has 0 aliphatic carbocycles. The topological polar surface area (TPSA) is 66.5 Å². The van der Waals surface area contributed by atoms with Crippen LogP contribution in [-0.2, 0) is 21.4 Å². The summed E-state index contributed by atoms with van der Waals surface area (Å²) in [4.78, 5) is 13.1. The van der Waals surface area contributed by atoms with E-state index in [2.05, 4.69) is 21.2 Å². The molecule has 1 heterocycles. The molecule has 2 aromatic rings. The SMILES string of the molecule is C[C@]1(C(=O)NCc2ccccc2)CCCN(S(=O)(=O)c2ccc(Br)cc2)C1. The Morgan fingerprint density at radius 1 is 1.15 bits per heavy atom. The first kappa shape index (κ1) is 20.0. The molecule has 1 saturated heterocycles. The smallest absolute Gasteiger partial charge is 0.243 e. The average Bonchev–Trinajstić information content (AvgIpc) is 2.67. The molecule has 1 aliphatic rings. The third-order valence-electron chi connectivity index (χ3n) is 4.96. The maximum atomic E-state index is 13.0. The molecule has 1 fully saturated rings. The van der Waals surface area contributed by atoms with Crippen molar-refractivity contribution in [3.63, 3.8) is 0 Å². The fourth-order valence-electron chi connectivity index (χ4n) is 3.33. The van der Waals surface area contributed by atoms with Crippen molar-refractivity contribution in [1.82, 2.24) is 9.62 Å². The van der Waals surface area contributed by atoms with Crippen molar-refractivity contribution in [2.24, 2.45) is 5.41 Å². The molecule has 7 heteroatoms. The van der Waals surface area contributed by atoms with Crippen LogP contribution in [0.3, 0.4) is 0 Å². The van der Waals surface area contributed by atoms with Gasteiger partial charge < -0.3 is 5.32 Å². The number of carbonyl (C=O) groups is 1. The summed E-state index contributed by atoms with van der Waals surface area (Å²) in [6.45, 7) is 2.90. The lowest BCUT2D eigenvalue weighted by molar-refractivity contribution is -0.132. The number of sulfonamides is 1. The summed E-state index contributed by atoms with van der Waals surface area (Å²) < 4.78 is 28.2. The lowest BCUT2D eigenvalue weighted by Gasteiger charge is -2.38. The minimum atomic E-state index is -3.62. The number of hydrogen-bond donors (Lipinski definition) is 1. The number of hydrogen-bond acceptors (Lipinski definition) is 3. The number of rotatable bonds is 5. The maximum Gasteiger partial charge on any atom is 0.243 e. The van der Waals surface area contributed by atoms with Crippen molar-refractivity contribution in [2.45, 2.75) is 31.2 Å². The lowest BCUT2D eigenvalue weighted by Crippen LogP contribution is -2.51. The van der Waals surface area contributed by atoms with E-state index >= 15 is 0 Å². The van der Waals surface area contributed by atoms with Crippen molar-refractivity contribution in [3.05, 3.63) is 64.6 Å². The van der Waals surface area contributed by atoms with Gasteiger partial charge >= 0.3 is 0 Å². The van der Waals surface area contributed by atoms with Crippen LogP contribution in [0.25, 0.3) is 0 Å². The van der Waals surface area contributed by atoms with Gasteiger partial charge in [-0.3, -0.25) is 4.79 Å². The Morgan fingerprint density at radius 2 is 1.81 bits per heavy atom. The summed E-state index contributed by atoms with van der Waals surface area (Å²) in [7, 11) is -3.62. The standard InChI is InChI=1S/C20H23BrN2O3S/c1-20(19(24)22-14-16-6-3-2-4-7-16)12-5-13-23(15-20)27(25,26)18-10-8-17(21)9-11-18/h2-4,6-11H,5,12-15H2,1H3,(H,22,24)/t20-/m0/s1. The zero-order valence-electron chi connectivity index (χ0n) is 15.2. The molecular formula is C20H23BrN2O3S. The van der Waals surface area contributed by atoms with E-state index in [0.717, 1.165) is 10.0 Å². The molecule has 0 unspecified atom stereocenters. The third-order valence-corrected chi connectivity index (χ3v) is 7.34. The minimum Gasteiger partial charge on any atom is -0.352 e. The summed E-state index contributed by atoms with van der Waals surface area (Å²) in [6, 6.07) is 16.3. The molecule has 1 aliphatic heterocycles. The van der Waals surface area contributed by atoms with E-state index in [0.29, 0.717) is 25.9 Å². The second kappa shape index (κ2) is 8.12. The van der Waals surface area contributed by atoms with Crippen molar-refractivity contribution in [1.29, 1.82) is 0 Å². The van der Waals surface area contributed by atoms with Gasteiger partial charge in [-0.2, -0.15) is 4.31 Å². The fourth-order valence-corrected chi connectivity index (χ4v) is 5.20. The summed E-state index contributed by atoms with van der Waals surface area (Å²) in [5.41, 5.74) is 0.278. The Kier molecular flexibility index (Phi) is 6.03. The van der Waals surface area contributed by atoms with E-state index < -0.39 is 15.4 Å². The number of amides is 1. The number of benzene rings is 2. The quantitative estimate of drug-likeness (QED) is 0.756. The van der Waals surface area contributed by atoms with E-state index in [1.165, 1.54) is 4.31 Å². The normalized spacial score (nSPS) is 21.0. The van der Waals surface area contributed by atoms with Gasteiger partial charge in [0, 0.05) is 24.1 Å². The van der Waals surface area contributed by atoms with Crippen LogP contribution in [0.4, 0.5) is 0 Å². The number of carbonyl (C=O) groups excluding carboxylic acids is 1. The number of nitrogens with zero attached hydrogens (tertiary/aromatic N) is 1. The Labute approximate surface area is 169 Å². The van der Waals surface area contributed by atoms with E-state index in [4.69, 9.17) is 0 Å². The molecule has 0 spiro atoms. The highest BCUT2D eigenvalue weighted by atomic mass is 79.9. The molecule has 0 radical (unpaired) electrons. The minimum absolute atomic E-state index is 0.109. The molecule has 5 nitrogen and oxygen atoms in total. The van der Waals surface area contributed by atoms with E-state index in [-0.39, 0.29) is 17.3 Å². The first-order valence-corrected chi connectivity index (χ1v) is 11.1. The highest BCUT2D eigenvalue weighted by Crippen LogP contribution is 2.33. The molecule has 2 aromatic carbocycles. The van der Waals surface area contributed by atoms with Crippen LogP contribution in [0.1, 0.15) is 25.3 Å².